The van der Waals surface area contributed by atoms with E-state index in [2.05, 4.69) is 19.1 Å². The summed E-state index contributed by atoms with van der Waals surface area (Å²) in [7, 11) is 0. The Kier molecular flexibility index (Phi) is 16.8. The van der Waals surface area contributed by atoms with Crippen LogP contribution >= 0.6 is 0 Å². The predicted octanol–water partition coefficient (Wildman–Crippen LogP) is 4.52. The third-order valence-electron chi connectivity index (χ3n) is 5.72. The molecule has 1 heterocycles. The molecule has 0 spiro atoms. The highest BCUT2D eigenvalue weighted by atomic mass is 16.6. The molecule has 1 saturated heterocycles. The van der Waals surface area contributed by atoms with E-state index in [-0.39, 0.29) is 13.2 Å². The van der Waals surface area contributed by atoms with Gasteiger partial charge in [-0.1, -0.05) is 83.3 Å². The van der Waals surface area contributed by atoms with Crippen LogP contribution in [0.15, 0.2) is 12.2 Å². The summed E-state index contributed by atoms with van der Waals surface area (Å²) in [6.07, 6.45) is 19.3. The molecule has 0 unspecified atom stereocenters. The van der Waals surface area contributed by atoms with Gasteiger partial charge < -0.3 is 24.8 Å². The average molecular weight is 415 g/mol. The van der Waals surface area contributed by atoms with E-state index < -0.39 is 24.4 Å². The van der Waals surface area contributed by atoms with Crippen molar-refractivity contribution in [1.82, 2.24) is 0 Å². The highest BCUT2D eigenvalue weighted by Crippen LogP contribution is 2.19. The molecule has 0 aromatic rings. The number of unbranched alkanes of at least 4 members (excludes halogenated alkanes) is 12. The van der Waals surface area contributed by atoms with E-state index in [9.17, 15) is 10.2 Å². The highest BCUT2D eigenvalue weighted by Gasteiger charge is 2.38. The van der Waals surface area contributed by atoms with E-state index in [0.717, 1.165) is 12.8 Å². The number of aliphatic hydroxyl groups excluding tert-OH is 3. The van der Waals surface area contributed by atoms with E-state index in [1.165, 1.54) is 77.0 Å². The van der Waals surface area contributed by atoms with Gasteiger partial charge in [0.25, 0.3) is 0 Å². The van der Waals surface area contributed by atoms with Gasteiger partial charge in [0.05, 0.1) is 13.2 Å². The first-order valence-electron chi connectivity index (χ1n) is 12.1. The van der Waals surface area contributed by atoms with Gasteiger partial charge in [-0.2, -0.15) is 0 Å². The third kappa shape index (κ3) is 12.7. The fraction of sp³-hybridized carbons (Fsp3) is 0.917. The molecule has 172 valence electrons. The Morgan fingerprint density at radius 2 is 1.38 bits per heavy atom. The van der Waals surface area contributed by atoms with Crippen LogP contribution in [-0.2, 0) is 9.47 Å². The summed E-state index contributed by atoms with van der Waals surface area (Å²) in [5.41, 5.74) is 0. The quantitative estimate of drug-likeness (QED) is 0.227. The van der Waals surface area contributed by atoms with Gasteiger partial charge in [-0.15, -0.1) is 0 Å². The molecule has 1 rings (SSSR count). The lowest BCUT2D eigenvalue weighted by Crippen LogP contribution is -2.55. The lowest BCUT2D eigenvalue weighted by atomic mass is 10.0. The standard InChI is InChI=1S/C24H46O5/c1-2-3-4-5-6-7-8-9-10-11-12-13-14-15-16-17-18-28-24-21(26)20-29-22(19-25)23(24)27/h5-6,21-27H,2-4,7-20H2,1H3/b6-5+/t21-,22+,23+,24+/m1/s1. The van der Waals surface area contributed by atoms with Gasteiger partial charge in [0.2, 0.25) is 0 Å². The fourth-order valence-corrected chi connectivity index (χ4v) is 3.78. The summed E-state index contributed by atoms with van der Waals surface area (Å²) >= 11 is 0. The number of hydrogen-bond acceptors (Lipinski definition) is 5. The molecule has 5 nitrogen and oxygen atoms in total. The number of hydrogen-bond donors (Lipinski definition) is 3. The summed E-state index contributed by atoms with van der Waals surface area (Å²) in [4.78, 5) is 0. The maximum atomic E-state index is 10.1. The molecule has 0 amide bonds. The number of aliphatic hydroxyl groups is 3. The van der Waals surface area contributed by atoms with Crippen LogP contribution in [0.4, 0.5) is 0 Å². The van der Waals surface area contributed by atoms with Gasteiger partial charge >= 0.3 is 0 Å². The van der Waals surface area contributed by atoms with Crippen molar-refractivity contribution in [2.75, 3.05) is 19.8 Å². The molecular formula is C24H46O5. The Morgan fingerprint density at radius 1 is 0.828 bits per heavy atom. The summed E-state index contributed by atoms with van der Waals surface area (Å²) in [5.74, 6) is 0. The van der Waals surface area contributed by atoms with Gasteiger partial charge in [0.1, 0.15) is 24.4 Å². The highest BCUT2D eigenvalue weighted by molar-refractivity contribution is 4.87. The topological polar surface area (TPSA) is 79.2 Å². The summed E-state index contributed by atoms with van der Waals surface area (Å²) in [5, 5.41) is 29.1. The van der Waals surface area contributed by atoms with Crippen molar-refractivity contribution in [3.63, 3.8) is 0 Å². The molecule has 29 heavy (non-hydrogen) atoms. The number of ether oxygens (including phenoxy) is 2. The van der Waals surface area contributed by atoms with Crippen LogP contribution in [0.1, 0.15) is 96.8 Å². The summed E-state index contributed by atoms with van der Waals surface area (Å²) < 4.78 is 10.8. The zero-order valence-corrected chi connectivity index (χ0v) is 18.6. The van der Waals surface area contributed by atoms with Crippen LogP contribution in [0.2, 0.25) is 0 Å². The first-order valence-corrected chi connectivity index (χ1v) is 12.1. The molecule has 0 bridgehead atoms. The minimum Gasteiger partial charge on any atom is -0.394 e. The third-order valence-corrected chi connectivity index (χ3v) is 5.72. The maximum Gasteiger partial charge on any atom is 0.114 e. The van der Waals surface area contributed by atoms with Gasteiger partial charge in [-0.25, -0.2) is 0 Å². The van der Waals surface area contributed by atoms with Crippen LogP contribution in [0.3, 0.4) is 0 Å². The Bertz CT molecular complexity index is 387. The predicted molar refractivity (Wildman–Crippen MR) is 118 cm³/mol. The number of rotatable bonds is 18. The van der Waals surface area contributed by atoms with Crippen molar-refractivity contribution in [2.45, 2.75) is 121 Å². The molecular weight excluding hydrogens is 368 g/mol. The minimum absolute atomic E-state index is 0.0998. The van der Waals surface area contributed by atoms with Crippen LogP contribution in [-0.4, -0.2) is 59.6 Å². The second-order valence-corrected chi connectivity index (χ2v) is 8.39. The average Bonchev–Trinajstić information content (AvgIpc) is 2.72. The zero-order chi connectivity index (χ0) is 21.2. The first-order chi connectivity index (χ1) is 14.2. The van der Waals surface area contributed by atoms with Crippen molar-refractivity contribution in [3.05, 3.63) is 12.2 Å². The summed E-state index contributed by atoms with van der Waals surface area (Å²) in [6, 6.07) is 0. The van der Waals surface area contributed by atoms with E-state index >= 15 is 0 Å². The smallest absolute Gasteiger partial charge is 0.114 e. The van der Waals surface area contributed by atoms with Gasteiger partial charge in [0.15, 0.2) is 0 Å². The van der Waals surface area contributed by atoms with Crippen LogP contribution in [0.25, 0.3) is 0 Å². The van der Waals surface area contributed by atoms with Crippen LogP contribution < -0.4 is 0 Å². The fourth-order valence-electron chi connectivity index (χ4n) is 3.78. The molecule has 1 fully saturated rings. The Morgan fingerprint density at radius 3 is 1.97 bits per heavy atom. The molecule has 1 aliphatic heterocycles. The molecule has 0 aromatic heterocycles. The van der Waals surface area contributed by atoms with Crippen LogP contribution in [0, 0.1) is 0 Å². The lowest BCUT2D eigenvalue weighted by molar-refractivity contribution is -0.210. The normalized spacial score (nSPS) is 25.1. The molecule has 0 aromatic carbocycles. The number of allylic oxidation sites excluding steroid dienone is 2. The second-order valence-electron chi connectivity index (χ2n) is 8.39. The Balaban J connectivity index is 1.85. The van der Waals surface area contributed by atoms with E-state index in [4.69, 9.17) is 14.6 Å². The van der Waals surface area contributed by atoms with E-state index in [1.54, 1.807) is 0 Å². The maximum absolute atomic E-state index is 10.1. The van der Waals surface area contributed by atoms with Crippen molar-refractivity contribution < 1.29 is 24.8 Å². The first kappa shape index (κ1) is 26.6. The van der Waals surface area contributed by atoms with Crippen LogP contribution in [0.5, 0.6) is 0 Å². The van der Waals surface area contributed by atoms with Crippen molar-refractivity contribution in [3.8, 4) is 0 Å². The Labute approximate surface area is 178 Å². The Hall–Kier alpha value is -0.460. The molecule has 3 N–H and O–H groups in total. The zero-order valence-electron chi connectivity index (χ0n) is 18.6. The van der Waals surface area contributed by atoms with Crippen molar-refractivity contribution in [1.29, 1.82) is 0 Å². The lowest BCUT2D eigenvalue weighted by Gasteiger charge is -2.37. The molecule has 0 aliphatic carbocycles. The van der Waals surface area contributed by atoms with Gasteiger partial charge in [0, 0.05) is 6.61 Å². The molecule has 0 saturated carbocycles. The minimum atomic E-state index is -0.971. The molecule has 1 aliphatic rings. The van der Waals surface area contributed by atoms with Crippen molar-refractivity contribution >= 4 is 0 Å². The largest absolute Gasteiger partial charge is 0.394 e. The van der Waals surface area contributed by atoms with E-state index in [0.29, 0.717) is 6.61 Å². The second kappa shape index (κ2) is 18.3. The monoisotopic (exact) mass is 414 g/mol. The molecule has 5 heteroatoms. The molecule has 0 radical (unpaired) electrons. The van der Waals surface area contributed by atoms with Gasteiger partial charge in [-0.3, -0.25) is 0 Å². The van der Waals surface area contributed by atoms with E-state index in [1.807, 2.05) is 0 Å². The van der Waals surface area contributed by atoms with Gasteiger partial charge in [-0.05, 0) is 25.7 Å². The SMILES string of the molecule is CCCC/C=C/CCCCCCCCCCCCO[C@@H]1[C@@H](O)[C@H](CO)OC[C@H]1O. The summed E-state index contributed by atoms with van der Waals surface area (Å²) in [6.45, 7) is 2.61. The van der Waals surface area contributed by atoms with Crippen molar-refractivity contribution in [2.24, 2.45) is 0 Å². The molecule has 4 atom stereocenters.